The molecule has 2 nitrogen and oxygen atoms in total. The van der Waals surface area contributed by atoms with Gasteiger partial charge in [0.15, 0.2) is 0 Å². The molecule has 0 saturated heterocycles. The Kier molecular flexibility index (Phi) is 4.37. The van der Waals surface area contributed by atoms with Crippen molar-refractivity contribution in [2.75, 3.05) is 6.54 Å². The molecule has 0 aromatic heterocycles. The Morgan fingerprint density at radius 1 is 1.19 bits per heavy atom. The predicted octanol–water partition coefficient (Wildman–Crippen LogP) is 2.29. The second kappa shape index (κ2) is 6.02. The molecule has 0 spiro atoms. The summed E-state index contributed by atoms with van der Waals surface area (Å²) in [6.45, 7) is 1.71. The summed E-state index contributed by atoms with van der Waals surface area (Å²) in [5.41, 5.74) is 7.20. The van der Waals surface area contributed by atoms with E-state index in [2.05, 4.69) is 35.6 Å². The monoisotopic (exact) mass is 218 g/mol. The summed E-state index contributed by atoms with van der Waals surface area (Å²) in [6, 6.07) is 11.1. The van der Waals surface area contributed by atoms with Crippen LogP contribution in [-0.2, 0) is 6.54 Å². The van der Waals surface area contributed by atoms with E-state index in [9.17, 15) is 0 Å². The lowest BCUT2D eigenvalue weighted by Gasteiger charge is -2.23. The molecule has 1 aliphatic rings. The van der Waals surface area contributed by atoms with Gasteiger partial charge in [0, 0.05) is 19.1 Å². The second-order valence-corrected chi connectivity index (χ2v) is 4.75. The first kappa shape index (κ1) is 11.6. The van der Waals surface area contributed by atoms with Crippen LogP contribution >= 0.6 is 0 Å². The molecule has 1 saturated carbocycles. The zero-order valence-corrected chi connectivity index (χ0v) is 9.86. The molecule has 88 valence electrons. The fourth-order valence-electron chi connectivity index (χ4n) is 2.65. The van der Waals surface area contributed by atoms with Crippen molar-refractivity contribution in [3.05, 3.63) is 35.9 Å². The lowest BCUT2D eigenvalue weighted by atomic mass is 9.98. The molecule has 0 amide bonds. The molecule has 1 atom stereocenters. The van der Waals surface area contributed by atoms with Gasteiger partial charge in [-0.05, 0) is 24.3 Å². The fraction of sp³-hybridized carbons (Fsp3) is 0.571. The van der Waals surface area contributed by atoms with Crippen LogP contribution in [-0.4, -0.2) is 12.6 Å². The minimum absolute atomic E-state index is 0.503. The smallest absolute Gasteiger partial charge is 0.0221 e. The van der Waals surface area contributed by atoms with Crippen molar-refractivity contribution in [1.29, 1.82) is 0 Å². The molecule has 3 N–H and O–H groups in total. The highest BCUT2D eigenvalue weighted by Crippen LogP contribution is 2.27. The number of nitrogens with one attached hydrogen (secondary N) is 1. The van der Waals surface area contributed by atoms with Crippen molar-refractivity contribution in [3.63, 3.8) is 0 Å². The van der Waals surface area contributed by atoms with Crippen molar-refractivity contribution in [2.45, 2.75) is 38.3 Å². The first-order valence-corrected chi connectivity index (χ1v) is 6.37. The maximum atomic E-state index is 5.85. The molecule has 1 aliphatic carbocycles. The molecule has 2 rings (SSSR count). The average molecular weight is 218 g/mol. The number of hydrogen-bond donors (Lipinski definition) is 2. The summed E-state index contributed by atoms with van der Waals surface area (Å²) >= 11 is 0. The Bertz CT molecular complexity index is 291. The summed E-state index contributed by atoms with van der Waals surface area (Å²) in [5, 5.41) is 3.60. The van der Waals surface area contributed by atoms with E-state index in [1.807, 2.05) is 0 Å². The van der Waals surface area contributed by atoms with Crippen molar-refractivity contribution in [3.8, 4) is 0 Å². The SMILES string of the molecule is NCC(NCc1ccccc1)C1CCCC1. The number of nitrogens with two attached hydrogens (primary N) is 1. The van der Waals surface area contributed by atoms with Gasteiger partial charge in [0.05, 0.1) is 0 Å². The van der Waals surface area contributed by atoms with Crippen molar-refractivity contribution in [2.24, 2.45) is 11.7 Å². The van der Waals surface area contributed by atoms with E-state index in [0.29, 0.717) is 6.04 Å². The lowest BCUT2D eigenvalue weighted by molar-refractivity contribution is 0.363. The third-order valence-electron chi connectivity index (χ3n) is 3.63. The van der Waals surface area contributed by atoms with E-state index in [1.165, 1.54) is 31.2 Å². The molecule has 1 fully saturated rings. The largest absolute Gasteiger partial charge is 0.329 e. The van der Waals surface area contributed by atoms with Crippen LogP contribution in [0.1, 0.15) is 31.2 Å². The average Bonchev–Trinajstić information content (AvgIpc) is 2.85. The van der Waals surface area contributed by atoms with Crippen molar-refractivity contribution in [1.82, 2.24) is 5.32 Å². The summed E-state index contributed by atoms with van der Waals surface area (Å²) in [6.07, 6.45) is 5.47. The summed E-state index contributed by atoms with van der Waals surface area (Å²) in [7, 11) is 0. The van der Waals surface area contributed by atoms with Crippen molar-refractivity contribution < 1.29 is 0 Å². The van der Waals surface area contributed by atoms with E-state index in [4.69, 9.17) is 5.73 Å². The van der Waals surface area contributed by atoms with Gasteiger partial charge in [-0.3, -0.25) is 0 Å². The fourth-order valence-corrected chi connectivity index (χ4v) is 2.65. The van der Waals surface area contributed by atoms with Crippen molar-refractivity contribution >= 4 is 0 Å². The van der Waals surface area contributed by atoms with Crippen LogP contribution in [0.5, 0.6) is 0 Å². The Morgan fingerprint density at radius 2 is 1.88 bits per heavy atom. The standard InChI is InChI=1S/C14H22N2/c15-10-14(13-8-4-5-9-13)16-11-12-6-2-1-3-7-12/h1-3,6-7,13-14,16H,4-5,8-11,15H2. The molecule has 16 heavy (non-hydrogen) atoms. The Hall–Kier alpha value is -0.860. The quantitative estimate of drug-likeness (QED) is 0.796. The third kappa shape index (κ3) is 3.06. The highest BCUT2D eigenvalue weighted by atomic mass is 14.9. The van der Waals surface area contributed by atoms with Gasteiger partial charge in [-0.2, -0.15) is 0 Å². The number of benzene rings is 1. The van der Waals surface area contributed by atoms with E-state index in [-0.39, 0.29) is 0 Å². The maximum Gasteiger partial charge on any atom is 0.0221 e. The van der Waals surface area contributed by atoms with Crippen LogP contribution < -0.4 is 11.1 Å². The van der Waals surface area contributed by atoms with Crippen LogP contribution in [0.2, 0.25) is 0 Å². The molecular weight excluding hydrogens is 196 g/mol. The van der Waals surface area contributed by atoms with E-state index in [0.717, 1.165) is 19.0 Å². The maximum absolute atomic E-state index is 5.85. The predicted molar refractivity (Wildman–Crippen MR) is 68.1 cm³/mol. The molecule has 0 bridgehead atoms. The Morgan fingerprint density at radius 3 is 2.50 bits per heavy atom. The van der Waals surface area contributed by atoms with Crippen LogP contribution in [0.4, 0.5) is 0 Å². The summed E-state index contributed by atoms with van der Waals surface area (Å²) in [5.74, 6) is 0.800. The molecule has 1 aromatic carbocycles. The molecule has 1 aromatic rings. The van der Waals surface area contributed by atoms with Gasteiger partial charge in [0.1, 0.15) is 0 Å². The van der Waals surface area contributed by atoms with E-state index < -0.39 is 0 Å². The van der Waals surface area contributed by atoms with Crippen LogP contribution in [0.3, 0.4) is 0 Å². The highest BCUT2D eigenvalue weighted by molar-refractivity contribution is 5.14. The summed E-state index contributed by atoms with van der Waals surface area (Å²) in [4.78, 5) is 0. The normalized spacial score (nSPS) is 18.8. The first-order chi connectivity index (χ1) is 7.90. The zero-order valence-electron chi connectivity index (χ0n) is 9.86. The lowest BCUT2D eigenvalue weighted by Crippen LogP contribution is -2.40. The number of hydrogen-bond acceptors (Lipinski definition) is 2. The van der Waals surface area contributed by atoms with Gasteiger partial charge in [-0.25, -0.2) is 0 Å². The molecular formula is C14H22N2. The topological polar surface area (TPSA) is 38.0 Å². The van der Waals surface area contributed by atoms with Gasteiger partial charge in [0.25, 0.3) is 0 Å². The Balaban J connectivity index is 1.83. The molecule has 2 heteroatoms. The van der Waals surface area contributed by atoms with Gasteiger partial charge in [-0.1, -0.05) is 43.2 Å². The second-order valence-electron chi connectivity index (χ2n) is 4.75. The van der Waals surface area contributed by atoms with Gasteiger partial charge in [-0.15, -0.1) is 0 Å². The van der Waals surface area contributed by atoms with Gasteiger partial charge >= 0.3 is 0 Å². The zero-order chi connectivity index (χ0) is 11.2. The summed E-state index contributed by atoms with van der Waals surface area (Å²) < 4.78 is 0. The van der Waals surface area contributed by atoms with E-state index in [1.54, 1.807) is 0 Å². The molecule has 1 unspecified atom stereocenters. The highest BCUT2D eigenvalue weighted by Gasteiger charge is 2.23. The minimum atomic E-state index is 0.503. The molecule has 0 heterocycles. The minimum Gasteiger partial charge on any atom is -0.329 e. The van der Waals surface area contributed by atoms with Gasteiger partial charge in [0.2, 0.25) is 0 Å². The molecule has 0 aliphatic heterocycles. The van der Waals surface area contributed by atoms with Crippen LogP contribution in [0.25, 0.3) is 0 Å². The Labute approximate surface area is 98.2 Å². The first-order valence-electron chi connectivity index (χ1n) is 6.37. The third-order valence-corrected chi connectivity index (χ3v) is 3.63. The molecule has 0 radical (unpaired) electrons. The van der Waals surface area contributed by atoms with Gasteiger partial charge < -0.3 is 11.1 Å². The van der Waals surface area contributed by atoms with E-state index >= 15 is 0 Å². The van der Waals surface area contributed by atoms with Crippen LogP contribution in [0, 0.1) is 5.92 Å². The number of rotatable bonds is 5. The van der Waals surface area contributed by atoms with Crippen LogP contribution in [0.15, 0.2) is 30.3 Å².